The van der Waals surface area contributed by atoms with Crippen molar-refractivity contribution in [1.82, 2.24) is 4.98 Å². The summed E-state index contributed by atoms with van der Waals surface area (Å²) in [6.45, 7) is 0.660. The standard InChI is InChI=1S/C14H12FNO2/c15-11-2-1-6-16-13(11)14(17)10-3-4-12-9(8-10)5-7-18-12/h1-4,6,8,14,17H,5,7H2. The van der Waals surface area contributed by atoms with Crippen molar-refractivity contribution in [2.24, 2.45) is 0 Å². The molecule has 1 aliphatic heterocycles. The average Bonchev–Trinajstić information content (AvgIpc) is 2.85. The lowest BCUT2D eigenvalue weighted by Crippen LogP contribution is -2.05. The fraction of sp³-hybridized carbons (Fsp3) is 0.214. The lowest BCUT2D eigenvalue weighted by atomic mass is 10.0. The van der Waals surface area contributed by atoms with Crippen LogP contribution in [-0.2, 0) is 6.42 Å². The van der Waals surface area contributed by atoms with Crippen molar-refractivity contribution in [2.75, 3.05) is 6.61 Å². The van der Waals surface area contributed by atoms with E-state index in [2.05, 4.69) is 4.98 Å². The highest BCUT2D eigenvalue weighted by atomic mass is 19.1. The van der Waals surface area contributed by atoms with Crippen LogP contribution in [0.25, 0.3) is 0 Å². The molecule has 0 fully saturated rings. The number of pyridine rings is 1. The molecular formula is C14H12FNO2. The van der Waals surface area contributed by atoms with E-state index in [0.717, 1.165) is 17.7 Å². The van der Waals surface area contributed by atoms with Gasteiger partial charge in [0, 0.05) is 12.6 Å². The fourth-order valence-corrected chi connectivity index (χ4v) is 2.13. The van der Waals surface area contributed by atoms with Crippen LogP contribution < -0.4 is 4.74 Å². The van der Waals surface area contributed by atoms with Crippen LogP contribution in [0, 0.1) is 5.82 Å². The Balaban J connectivity index is 1.98. The molecule has 1 atom stereocenters. The third kappa shape index (κ3) is 1.84. The number of rotatable bonds is 2. The van der Waals surface area contributed by atoms with Crippen LogP contribution in [0.5, 0.6) is 5.75 Å². The van der Waals surface area contributed by atoms with E-state index < -0.39 is 11.9 Å². The molecule has 1 aliphatic rings. The minimum absolute atomic E-state index is 0.0522. The number of hydrogen-bond donors (Lipinski definition) is 1. The summed E-state index contributed by atoms with van der Waals surface area (Å²) in [7, 11) is 0. The molecule has 0 bridgehead atoms. The number of fused-ring (bicyclic) bond motifs is 1. The van der Waals surface area contributed by atoms with Crippen molar-refractivity contribution >= 4 is 0 Å². The van der Waals surface area contributed by atoms with E-state index in [1.54, 1.807) is 6.07 Å². The highest BCUT2D eigenvalue weighted by Crippen LogP contribution is 2.30. The third-order valence-corrected chi connectivity index (χ3v) is 3.08. The summed E-state index contributed by atoms with van der Waals surface area (Å²) in [4.78, 5) is 3.89. The first-order chi connectivity index (χ1) is 8.75. The van der Waals surface area contributed by atoms with Crippen LogP contribution in [0.15, 0.2) is 36.5 Å². The molecule has 3 nitrogen and oxygen atoms in total. The highest BCUT2D eigenvalue weighted by molar-refractivity contribution is 5.42. The second-order valence-electron chi connectivity index (χ2n) is 4.24. The van der Waals surface area contributed by atoms with E-state index in [1.165, 1.54) is 18.3 Å². The van der Waals surface area contributed by atoms with Gasteiger partial charge in [-0.05, 0) is 35.4 Å². The zero-order valence-electron chi connectivity index (χ0n) is 9.64. The molecule has 0 radical (unpaired) electrons. The number of halogens is 1. The fourth-order valence-electron chi connectivity index (χ4n) is 2.13. The van der Waals surface area contributed by atoms with Crippen LogP contribution >= 0.6 is 0 Å². The molecule has 1 aromatic carbocycles. The quantitative estimate of drug-likeness (QED) is 0.882. The number of aliphatic hydroxyl groups is 1. The molecule has 0 aliphatic carbocycles. The monoisotopic (exact) mass is 245 g/mol. The lowest BCUT2D eigenvalue weighted by molar-refractivity contribution is 0.209. The second kappa shape index (κ2) is 4.38. The summed E-state index contributed by atoms with van der Waals surface area (Å²) in [6.07, 6.45) is 1.25. The van der Waals surface area contributed by atoms with Crippen LogP contribution in [-0.4, -0.2) is 16.7 Å². The smallest absolute Gasteiger partial charge is 0.147 e. The molecule has 1 aromatic heterocycles. The van der Waals surface area contributed by atoms with E-state index in [9.17, 15) is 9.50 Å². The van der Waals surface area contributed by atoms with Crippen molar-refractivity contribution in [3.63, 3.8) is 0 Å². The Morgan fingerprint density at radius 2 is 2.22 bits per heavy atom. The molecule has 2 heterocycles. The van der Waals surface area contributed by atoms with Crippen LogP contribution in [0.4, 0.5) is 4.39 Å². The van der Waals surface area contributed by atoms with Gasteiger partial charge in [-0.25, -0.2) is 4.39 Å². The van der Waals surface area contributed by atoms with Crippen LogP contribution in [0.3, 0.4) is 0 Å². The van der Waals surface area contributed by atoms with Gasteiger partial charge in [-0.1, -0.05) is 6.07 Å². The SMILES string of the molecule is OC(c1ccc2c(c1)CCO2)c1ncccc1F. The Morgan fingerprint density at radius 3 is 3.06 bits per heavy atom. The van der Waals surface area contributed by atoms with Crippen molar-refractivity contribution in [2.45, 2.75) is 12.5 Å². The zero-order chi connectivity index (χ0) is 12.5. The van der Waals surface area contributed by atoms with Gasteiger partial charge in [0.2, 0.25) is 0 Å². The Hall–Kier alpha value is -1.94. The minimum atomic E-state index is -1.04. The van der Waals surface area contributed by atoms with E-state index in [-0.39, 0.29) is 5.69 Å². The number of ether oxygens (including phenoxy) is 1. The average molecular weight is 245 g/mol. The largest absolute Gasteiger partial charge is 0.493 e. The summed E-state index contributed by atoms with van der Waals surface area (Å²) in [5.74, 6) is 0.342. The Labute approximate surface area is 104 Å². The molecule has 92 valence electrons. The van der Waals surface area contributed by atoms with Crippen molar-refractivity contribution in [3.8, 4) is 5.75 Å². The maximum atomic E-state index is 13.6. The molecular weight excluding hydrogens is 233 g/mol. The first-order valence-corrected chi connectivity index (χ1v) is 5.80. The predicted octanol–water partition coefficient (Wildman–Crippen LogP) is 2.24. The Bertz CT molecular complexity index is 586. The van der Waals surface area contributed by atoms with E-state index in [0.29, 0.717) is 12.2 Å². The Kier molecular flexibility index (Phi) is 2.72. The van der Waals surface area contributed by atoms with Crippen molar-refractivity contribution in [1.29, 1.82) is 0 Å². The Morgan fingerprint density at radius 1 is 1.33 bits per heavy atom. The van der Waals surface area contributed by atoms with Gasteiger partial charge in [0.1, 0.15) is 23.4 Å². The van der Waals surface area contributed by atoms with Gasteiger partial charge >= 0.3 is 0 Å². The zero-order valence-corrected chi connectivity index (χ0v) is 9.64. The van der Waals surface area contributed by atoms with Gasteiger partial charge < -0.3 is 9.84 Å². The molecule has 0 amide bonds. The van der Waals surface area contributed by atoms with Gasteiger partial charge in [-0.15, -0.1) is 0 Å². The van der Waals surface area contributed by atoms with Crippen molar-refractivity contribution in [3.05, 3.63) is 59.2 Å². The number of aliphatic hydroxyl groups excluding tert-OH is 1. The minimum Gasteiger partial charge on any atom is -0.493 e. The summed E-state index contributed by atoms with van der Waals surface area (Å²) in [5, 5.41) is 10.2. The molecule has 0 spiro atoms. The lowest BCUT2D eigenvalue weighted by Gasteiger charge is -2.12. The molecule has 0 saturated heterocycles. The number of aromatic nitrogens is 1. The van der Waals surface area contributed by atoms with Gasteiger partial charge in [-0.3, -0.25) is 4.98 Å². The first kappa shape index (κ1) is 11.2. The molecule has 3 rings (SSSR count). The maximum absolute atomic E-state index is 13.6. The maximum Gasteiger partial charge on any atom is 0.147 e. The number of benzene rings is 1. The number of nitrogens with zero attached hydrogens (tertiary/aromatic N) is 1. The van der Waals surface area contributed by atoms with Gasteiger partial charge in [0.25, 0.3) is 0 Å². The third-order valence-electron chi connectivity index (χ3n) is 3.08. The van der Waals surface area contributed by atoms with E-state index >= 15 is 0 Å². The summed E-state index contributed by atoms with van der Waals surface area (Å²) >= 11 is 0. The molecule has 1 unspecified atom stereocenters. The second-order valence-corrected chi connectivity index (χ2v) is 4.24. The van der Waals surface area contributed by atoms with E-state index in [1.807, 2.05) is 12.1 Å². The summed E-state index contributed by atoms with van der Waals surface area (Å²) in [5.41, 5.74) is 1.73. The van der Waals surface area contributed by atoms with E-state index in [4.69, 9.17) is 4.74 Å². The topological polar surface area (TPSA) is 42.4 Å². The van der Waals surface area contributed by atoms with Gasteiger partial charge in [-0.2, -0.15) is 0 Å². The van der Waals surface area contributed by atoms with Gasteiger partial charge in [0.15, 0.2) is 0 Å². The number of hydrogen-bond acceptors (Lipinski definition) is 3. The van der Waals surface area contributed by atoms with Crippen molar-refractivity contribution < 1.29 is 14.2 Å². The molecule has 4 heteroatoms. The summed E-state index contributed by atoms with van der Waals surface area (Å²) in [6, 6.07) is 8.19. The molecule has 1 N–H and O–H groups in total. The molecule has 2 aromatic rings. The van der Waals surface area contributed by atoms with Crippen LogP contribution in [0.1, 0.15) is 22.9 Å². The molecule has 0 saturated carbocycles. The summed E-state index contributed by atoms with van der Waals surface area (Å²) < 4.78 is 18.9. The first-order valence-electron chi connectivity index (χ1n) is 5.80. The van der Waals surface area contributed by atoms with Gasteiger partial charge in [0.05, 0.1) is 6.61 Å². The van der Waals surface area contributed by atoms with Crippen LogP contribution in [0.2, 0.25) is 0 Å². The normalized spacial score (nSPS) is 15.0. The highest BCUT2D eigenvalue weighted by Gasteiger charge is 2.19. The predicted molar refractivity (Wildman–Crippen MR) is 63.9 cm³/mol. The molecule has 18 heavy (non-hydrogen) atoms.